The van der Waals surface area contributed by atoms with Gasteiger partial charge in [-0.15, -0.1) is 0 Å². The predicted molar refractivity (Wildman–Crippen MR) is 162 cm³/mol. The minimum absolute atomic E-state index is 0.139. The molecule has 208 valence electrons. The monoisotopic (exact) mass is 577 g/mol. The van der Waals surface area contributed by atoms with Crippen LogP contribution in [0.25, 0.3) is 17.1 Å². The number of aliphatic hydroxyl groups is 1. The average molecular weight is 579 g/mol. The molecular weight excluding hydrogens is 545 g/mol. The van der Waals surface area contributed by atoms with Crippen molar-refractivity contribution in [2.75, 3.05) is 44.2 Å². The second-order valence-electron chi connectivity index (χ2n) is 10.1. The number of hydrogen-bond donors (Lipinski definition) is 2. The van der Waals surface area contributed by atoms with Crippen molar-refractivity contribution in [2.45, 2.75) is 20.0 Å². The normalized spacial score (nSPS) is 14.8. The van der Waals surface area contributed by atoms with Crippen LogP contribution in [0.2, 0.25) is 10.0 Å². The minimum Gasteiger partial charge on any atom is -0.390 e. The van der Waals surface area contributed by atoms with Gasteiger partial charge in [0.25, 0.3) is 5.91 Å². The zero-order valence-electron chi connectivity index (χ0n) is 22.6. The molecule has 0 bridgehead atoms. The van der Waals surface area contributed by atoms with E-state index in [-0.39, 0.29) is 12.5 Å². The third-order valence-electron chi connectivity index (χ3n) is 7.36. The molecule has 1 aromatic heterocycles. The van der Waals surface area contributed by atoms with Gasteiger partial charge in [0.05, 0.1) is 11.8 Å². The maximum atomic E-state index is 13.3. The molecule has 1 atom stereocenters. The van der Waals surface area contributed by atoms with Gasteiger partial charge in [-0.1, -0.05) is 59.6 Å². The van der Waals surface area contributed by atoms with E-state index < -0.39 is 6.10 Å². The maximum Gasteiger partial charge on any atom is 0.271 e. The maximum absolute atomic E-state index is 13.3. The first-order valence-corrected chi connectivity index (χ1v) is 14.2. The van der Waals surface area contributed by atoms with Gasteiger partial charge in [-0.05, 0) is 55.8 Å². The molecule has 40 heavy (non-hydrogen) atoms. The number of halogens is 2. The highest BCUT2D eigenvalue weighted by Crippen LogP contribution is 2.28. The highest BCUT2D eigenvalue weighted by atomic mass is 35.5. The van der Waals surface area contributed by atoms with Gasteiger partial charge in [0, 0.05) is 66.3 Å². The second kappa shape index (κ2) is 12.4. The molecule has 1 aliphatic rings. The fourth-order valence-corrected chi connectivity index (χ4v) is 5.47. The zero-order chi connectivity index (χ0) is 28.2. The highest BCUT2D eigenvalue weighted by Gasteiger charge is 2.24. The molecular formula is C31H33Cl2N5O2. The number of imidazole rings is 1. The number of nitrogens with zero attached hydrogens (tertiary/aromatic N) is 4. The summed E-state index contributed by atoms with van der Waals surface area (Å²) in [5.74, 6) is 0.349. The summed E-state index contributed by atoms with van der Waals surface area (Å²) in [7, 11) is 0. The van der Waals surface area contributed by atoms with Crippen LogP contribution < -0.4 is 10.2 Å². The van der Waals surface area contributed by atoms with Gasteiger partial charge in [-0.25, -0.2) is 4.98 Å². The number of nitrogens with one attached hydrogen (secondary N) is 1. The van der Waals surface area contributed by atoms with E-state index in [1.54, 1.807) is 0 Å². The van der Waals surface area contributed by atoms with Gasteiger partial charge in [-0.3, -0.25) is 14.3 Å². The van der Waals surface area contributed by atoms with Crippen molar-refractivity contribution in [1.29, 1.82) is 0 Å². The first-order chi connectivity index (χ1) is 19.3. The molecule has 3 aromatic carbocycles. The lowest BCUT2D eigenvalue weighted by molar-refractivity contribution is 0.0847. The van der Waals surface area contributed by atoms with E-state index in [1.807, 2.05) is 85.1 Å². The van der Waals surface area contributed by atoms with Gasteiger partial charge in [0.15, 0.2) is 0 Å². The molecule has 1 amide bonds. The fourth-order valence-electron chi connectivity index (χ4n) is 5.17. The molecule has 0 radical (unpaired) electrons. The van der Waals surface area contributed by atoms with E-state index >= 15 is 0 Å². The van der Waals surface area contributed by atoms with Crippen LogP contribution in [-0.4, -0.2) is 70.8 Å². The molecule has 9 heteroatoms. The summed E-state index contributed by atoms with van der Waals surface area (Å²) >= 11 is 12.4. The van der Waals surface area contributed by atoms with Crippen molar-refractivity contribution in [1.82, 2.24) is 19.8 Å². The number of carbonyl (C=O) groups is 1. The smallest absolute Gasteiger partial charge is 0.271 e. The lowest BCUT2D eigenvalue weighted by Crippen LogP contribution is -2.50. The summed E-state index contributed by atoms with van der Waals surface area (Å²) in [4.78, 5) is 22.5. The number of benzene rings is 3. The first-order valence-electron chi connectivity index (χ1n) is 13.4. The Labute approximate surface area is 245 Å². The fraction of sp³-hybridized carbons (Fsp3) is 0.290. The van der Waals surface area contributed by atoms with Crippen molar-refractivity contribution in [3.8, 4) is 17.1 Å². The lowest BCUT2D eigenvalue weighted by Gasteiger charge is -2.37. The van der Waals surface area contributed by atoms with Crippen LogP contribution in [0.3, 0.4) is 0 Å². The SMILES string of the molecule is Cc1c(Cl)cccc1N1CCN(CC(O)CNC(=O)c2nc(-c3ccccc3)n(-c3ccc(Cl)cc3)c2C)CC1. The summed E-state index contributed by atoms with van der Waals surface area (Å²) in [6.45, 7) is 7.88. The molecule has 1 saturated heterocycles. The number of piperazine rings is 1. The predicted octanol–water partition coefficient (Wildman–Crippen LogP) is 5.38. The Balaban J connectivity index is 1.22. The largest absolute Gasteiger partial charge is 0.390 e. The topological polar surface area (TPSA) is 73.6 Å². The van der Waals surface area contributed by atoms with Gasteiger partial charge >= 0.3 is 0 Å². The molecule has 0 aliphatic carbocycles. The van der Waals surface area contributed by atoms with E-state index in [9.17, 15) is 9.90 Å². The Bertz CT molecular complexity index is 1470. The van der Waals surface area contributed by atoms with E-state index in [2.05, 4.69) is 21.2 Å². The van der Waals surface area contributed by atoms with Crippen molar-refractivity contribution in [2.24, 2.45) is 0 Å². The van der Waals surface area contributed by atoms with Crippen LogP contribution in [-0.2, 0) is 0 Å². The van der Waals surface area contributed by atoms with Crippen LogP contribution in [0.15, 0.2) is 72.8 Å². The van der Waals surface area contributed by atoms with Crippen molar-refractivity contribution in [3.63, 3.8) is 0 Å². The van der Waals surface area contributed by atoms with E-state index in [0.717, 1.165) is 53.7 Å². The molecule has 1 unspecified atom stereocenters. The summed E-state index contributed by atoms with van der Waals surface area (Å²) in [6, 6.07) is 23.2. The van der Waals surface area contributed by atoms with Crippen molar-refractivity contribution in [3.05, 3.63) is 99.8 Å². The van der Waals surface area contributed by atoms with Crippen LogP contribution in [0.4, 0.5) is 5.69 Å². The Kier molecular flexibility index (Phi) is 8.76. The van der Waals surface area contributed by atoms with Gasteiger partial charge < -0.3 is 15.3 Å². The number of amides is 1. The average Bonchev–Trinajstić information content (AvgIpc) is 3.31. The molecule has 1 fully saturated rings. The van der Waals surface area contributed by atoms with Crippen LogP contribution in [0.1, 0.15) is 21.7 Å². The summed E-state index contributed by atoms with van der Waals surface area (Å²) in [5.41, 5.74) is 5.03. The third-order valence-corrected chi connectivity index (χ3v) is 8.02. The number of aromatic nitrogens is 2. The van der Waals surface area contributed by atoms with Crippen LogP contribution in [0, 0.1) is 13.8 Å². The zero-order valence-corrected chi connectivity index (χ0v) is 24.2. The molecule has 1 aliphatic heterocycles. The van der Waals surface area contributed by atoms with Gasteiger partial charge in [0.1, 0.15) is 11.5 Å². The van der Waals surface area contributed by atoms with E-state index in [1.165, 1.54) is 0 Å². The van der Waals surface area contributed by atoms with Crippen molar-refractivity contribution >= 4 is 34.8 Å². The van der Waals surface area contributed by atoms with Crippen molar-refractivity contribution < 1.29 is 9.90 Å². The molecule has 7 nitrogen and oxygen atoms in total. The minimum atomic E-state index is -0.698. The molecule has 2 heterocycles. The lowest BCUT2D eigenvalue weighted by atomic mass is 10.1. The Hall–Kier alpha value is -3.36. The summed E-state index contributed by atoms with van der Waals surface area (Å²) < 4.78 is 1.96. The molecule has 4 aromatic rings. The number of β-amino-alcohol motifs (C(OH)–C–C–N with tert-alkyl or cyclic N) is 1. The van der Waals surface area contributed by atoms with Crippen LogP contribution >= 0.6 is 23.2 Å². The number of anilines is 1. The number of carbonyl (C=O) groups excluding carboxylic acids is 1. The van der Waals surface area contributed by atoms with E-state index in [4.69, 9.17) is 28.2 Å². The molecule has 0 saturated carbocycles. The quantitative estimate of drug-likeness (QED) is 0.294. The van der Waals surface area contributed by atoms with E-state index in [0.29, 0.717) is 28.8 Å². The Morgan fingerprint density at radius 1 is 0.950 bits per heavy atom. The summed E-state index contributed by atoms with van der Waals surface area (Å²) in [5, 5.41) is 15.0. The molecule has 5 rings (SSSR count). The Morgan fingerprint density at radius 2 is 1.65 bits per heavy atom. The highest BCUT2D eigenvalue weighted by molar-refractivity contribution is 6.31. The molecule has 0 spiro atoms. The third kappa shape index (κ3) is 6.18. The molecule has 2 N–H and O–H groups in total. The number of rotatable bonds is 8. The van der Waals surface area contributed by atoms with Gasteiger partial charge in [0.2, 0.25) is 0 Å². The van der Waals surface area contributed by atoms with Gasteiger partial charge in [-0.2, -0.15) is 0 Å². The first kappa shape index (κ1) is 28.2. The number of aliphatic hydroxyl groups excluding tert-OH is 1. The number of hydrogen-bond acceptors (Lipinski definition) is 5. The second-order valence-corrected chi connectivity index (χ2v) is 10.9. The van der Waals surface area contributed by atoms with Crippen LogP contribution in [0.5, 0.6) is 0 Å². The summed E-state index contributed by atoms with van der Waals surface area (Å²) in [6.07, 6.45) is -0.698. The standard InChI is InChI=1S/C31H33Cl2N5O2/c1-21-27(33)9-6-10-28(21)37-17-15-36(16-18-37)20-26(39)19-34-31(40)29-22(2)38(25-13-11-24(32)12-14-25)30(35-29)23-7-4-3-5-8-23/h3-14,26,39H,15-20H2,1-2H3,(H,34,40). The Morgan fingerprint density at radius 3 is 2.35 bits per heavy atom.